The van der Waals surface area contributed by atoms with Crippen LogP contribution in [0.2, 0.25) is 10.0 Å². The van der Waals surface area contributed by atoms with E-state index in [2.05, 4.69) is 4.99 Å². The summed E-state index contributed by atoms with van der Waals surface area (Å²) in [5.41, 5.74) is 1.61. The van der Waals surface area contributed by atoms with Crippen molar-refractivity contribution in [2.45, 2.75) is 0 Å². The lowest BCUT2D eigenvalue weighted by Crippen LogP contribution is -2.10. The molecule has 0 atom stereocenters. The fraction of sp³-hybridized carbons (Fsp3) is 0.0476. The largest absolute Gasteiger partial charge is 0.497 e. The van der Waals surface area contributed by atoms with Gasteiger partial charge in [0.05, 0.1) is 23.4 Å². The predicted octanol–water partition coefficient (Wildman–Crippen LogP) is 5.97. The Bertz CT molecular complexity index is 971. The molecule has 27 heavy (non-hydrogen) atoms. The van der Waals surface area contributed by atoms with Crippen LogP contribution in [-0.2, 0) is 0 Å². The summed E-state index contributed by atoms with van der Waals surface area (Å²) in [6, 6.07) is 19.0. The second-order valence-electron chi connectivity index (χ2n) is 5.52. The van der Waals surface area contributed by atoms with Crippen molar-refractivity contribution in [1.82, 2.24) is 0 Å². The van der Waals surface area contributed by atoms with Crippen molar-refractivity contribution in [3.8, 4) is 11.5 Å². The first kappa shape index (κ1) is 19.0. The molecule has 0 bridgehead atoms. The number of carbonyl (C=O) groups is 1. The molecular weight excluding hydrogens is 385 g/mol. The van der Waals surface area contributed by atoms with Crippen LogP contribution in [-0.4, -0.2) is 19.3 Å². The number of hydrogen-bond donors (Lipinski definition) is 0. The number of benzene rings is 3. The van der Waals surface area contributed by atoms with E-state index in [0.717, 1.165) is 5.75 Å². The molecule has 0 aliphatic carbocycles. The first-order valence-corrected chi connectivity index (χ1v) is 8.77. The first-order valence-electron chi connectivity index (χ1n) is 8.01. The number of rotatable bonds is 5. The molecule has 0 radical (unpaired) electrons. The zero-order chi connectivity index (χ0) is 19.2. The summed E-state index contributed by atoms with van der Waals surface area (Å²) in [4.78, 5) is 16.8. The third-order valence-corrected chi connectivity index (χ3v) is 4.17. The van der Waals surface area contributed by atoms with Crippen molar-refractivity contribution < 1.29 is 14.3 Å². The lowest BCUT2D eigenvalue weighted by atomic mass is 10.2. The highest BCUT2D eigenvalue weighted by atomic mass is 35.5. The van der Waals surface area contributed by atoms with E-state index in [-0.39, 0.29) is 10.8 Å². The minimum atomic E-state index is -0.515. The molecule has 0 spiro atoms. The van der Waals surface area contributed by atoms with Gasteiger partial charge in [0.15, 0.2) is 5.75 Å². The van der Waals surface area contributed by atoms with Crippen LogP contribution >= 0.6 is 23.2 Å². The molecule has 0 saturated heterocycles. The van der Waals surface area contributed by atoms with Gasteiger partial charge in [-0.25, -0.2) is 4.79 Å². The Balaban J connectivity index is 1.90. The third kappa shape index (κ3) is 4.88. The summed E-state index contributed by atoms with van der Waals surface area (Å²) in [5, 5.41) is 0.638. The van der Waals surface area contributed by atoms with Crippen molar-refractivity contribution in [3.63, 3.8) is 0 Å². The van der Waals surface area contributed by atoms with E-state index in [1.807, 2.05) is 6.07 Å². The second-order valence-corrected chi connectivity index (χ2v) is 6.36. The number of hydrogen-bond acceptors (Lipinski definition) is 4. The van der Waals surface area contributed by atoms with E-state index >= 15 is 0 Å². The minimum absolute atomic E-state index is 0.201. The maximum Gasteiger partial charge on any atom is 0.343 e. The van der Waals surface area contributed by atoms with E-state index in [0.29, 0.717) is 21.8 Å². The van der Waals surface area contributed by atoms with Gasteiger partial charge < -0.3 is 9.47 Å². The summed E-state index contributed by atoms with van der Waals surface area (Å²) in [7, 11) is 1.60. The fourth-order valence-corrected chi connectivity index (χ4v) is 2.87. The highest BCUT2D eigenvalue weighted by Gasteiger charge is 2.15. The first-order chi connectivity index (χ1) is 13.1. The Hall–Kier alpha value is -2.82. The maximum absolute atomic E-state index is 12.4. The number of aliphatic imine (C=N–C) groups is 1. The normalized spacial score (nSPS) is 10.8. The van der Waals surface area contributed by atoms with Gasteiger partial charge in [0.1, 0.15) is 5.75 Å². The average Bonchev–Trinajstić information content (AvgIpc) is 2.69. The van der Waals surface area contributed by atoms with Gasteiger partial charge in [-0.05, 0) is 48.5 Å². The van der Waals surface area contributed by atoms with Crippen LogP contribution in [0.4, 0.5) is 5.69 Å². The van der Waals surface area contributed by atoms with Gasteiger partial charge in [0, 0.05) is 16.8 Å². The van der Waals surface area contributed by atoms with E-state index in [9.17, 15) is 4.79 Å². The number of esters is 1. The van der Waals surface area contributed by atoms with E-state index in [4.69, 9.17) is 32.7 Å². The highest BCUT2D eigenvalue weighted by Crippen LogP contribution is 2.32. The maximum atomic E-state index is 12.4. The van der Waals surface area contributed by atoms with Crippen LogP contribution in [0.5, 0.6) is 11.5 Å². The van der Waals surface area contributed by atoms with Crippen LogP contribution in [0.3, 0.4) is 0 Å². The number of halogens is 2. The van der Waals surface area contributed by atoms with Gasteiger partial charge in [-0.2, -0.15) is 0 Å². The Kier molecular flexibility index (Phi) is 6.12. The van der Waals surface area contributed by atoms with Crippen LogP contribution < -0.4 is 9.47 Å². The molecule has 0 amide bonds. The van der Waals surface area contributed by atoms with Crippen molar-refractivity contribution >= 4 is 41.1 Å². The topological polar surface area (TPSA) is 47.9 Å². The summed E-state index contributed by atoms with van der Waals surface area (Å²) >= 11 is 12.3. The molecule has 0 aliphatic rings. The van der Waals surface area contributed by atoms with Crippen LogP contribution in [0.1, 0.15) is 15.9 Å². The molecule has 4 nitrogen and oxygen atoms in total. The Morgan fingerprint density at radius 2 is 1.70 bits per heavy atom. The zero-order valence-electron chi connectivity index (χ0n) is 14.4. The van der Waals surface area contributed by atoms with Crippen LogP contribution in [0.15, 0.2) is 71.7 Å². The molecule has 0 aromatic heterocycles. The monoisotopic (exact) mass is 399 g/mol. The van der Waals surface area contributed by atoms with Gasteiger partial charge >= 0.3 is 5.97 Å². The lowest BCUT2D eigenvalue weighted by Gasteiger charge is -2.10. The van der Waals surface area contributed by atoms with Gasteiger partial charge in [0.25, 0.3) is 0 Å². The molecule has 0 N–H and O–H groups in total. The highest BCUT2D eigenvalue weighted by molar-refractivity contribution is 6.36. The summed E-state index contributed by atoms with van der Waals surface area (Å²) in [6.07, 6.45) is 1.55. The van der Waals surface area contributed by atoms with Gasteiger partial charge in [-0.1, -0.05) is 41.4 Å². The summed E-state index contributed by atoms with van der Waals surface area (Å²) < 4.78 is 10.6. The molecule has 0 aliphatic heterocycles. The SMILES string of the molecule is COc1ccc(N=Cc2cc(Cl)cc(Cl)c2OC(=O)c2ccccc2)cc1. The molecule has 3 aromatic rings. The average molecular weight is 400 g/mol. The molecule has 6 heteroatoms. The van der Waals surface area contributed by atoms with Crippen molar-refractivity contribution in [2.75, 3.05) is 7.11 Å². The van der Waals surface area contributed by atoms with Crippen molar-refractivity contribution in [3.05, 3.63) is 87.9 Å². The Labute approximate surface area is 167 Å². The number of methoxy groups -OCH3 is 1. The van der Waals surface area contributed by atoms with E-state index < -0.39 is 5.97 Å². The molecule has 0 unspecified atom stereocenters. The molecular formula is C21H15Cl2NO3. The van der Waals surface area contributed by atoms with Crippen LogP contribution in [0.25, 0.3) is 0 Å². The third-order valence-electron chi connectivity index (χ3n) is 3.67. The van der Waals surface area contributed by atoms with Gasteiger partial charge in [-0.15, -0.1) is 0 Å². The summed E-state index contributed by atoms with van der Waals surface area (Å²) in [6.45, 7) is 0. The quantitative estimate of drug-likeness (QED) is 0.301. The fourth-order valence-electron chi connectivity index (χ4n) is 2.32. The lowest BCUT2D eigenvalue weighted by molar-refractivity contribution is 0.0734. The Morgan fingerprint density at radius 3 is 2.37 bits per heavy atom. The van der Waals surface area contributed by atoms with Gasteiger partial charge in [-0.3, -0.25) is 4.99 Å². The van der Waals surface area contributed by atoms with E-state index in [1.165, 1.54) is 6.07 Å². The Morgan fingerprint density at radius 1 is 1.00 bits per heavy atom. The number of nitrogens with zero attached hydrogens (tertiary/aromatic N) is 1. The number of ether oxygens (including phenoxy) is 2. The zero-order valence-corrected chi connectivity index (χ0v) is 15.9. The standard InChI is InChI=1S/C21H15Cl2NO3/c1-26-18-9-7-17(8-10-18)24-13-15-11-16(22)12-19(23)20(15)27-21(25)14-5-3-2-4-6-14/h2-13H,1H3. The smallest absolute Gasteiger partial charge is 0.343 e. The number of carbonyl (C=O) groups excluding carboxylic acids is 1. The van der Waals surface area contributed by atoms with Gasteiger partial charge in [0.2, 0.25) is 0 Å². The molecule has 0 saturated carbocycles. The molecule has 3 aromatic carbocycles. The summed E-state index contributed by atoms with van der Waals surface area (Å²) in [5.74, 6) is 0.420. The van der Waals surface area contributed by atoms with E-state index in [1.54, 1.807) is 67.9 Å². The molecule has 3 rings (SSSR count). The molecule has 0 fully saturated rings. The molecule has 136 valence electrons. The second kappa shape index (κ2) is 8.71. The van der Waals surface area contributed by atoms with Crippen LogP contribution in [0, 0.1) is 0 Å². The van der Waals surface area contributed by atoms with Crippen molar-refractivity contribution in [1.29, 1.82) is 0 Å². The minimum Gasteiger partial charge on any atom is -0.497 e. The molecule has 0 heterocycles. The van der Waals surface area contributed by atoms with Crippen molar-refractivity contribution in [2.24, 2.45) is 4.99 Å². The predicted molar refractivity (Wildman–Crippen MR) is 108 cm³/mol.